The van der Waals surface area contributed by atoms with E-state index in [1.807, 2.05) is 0 Å². The van der Waals surface area contributed by atoms with Crippen LogP contribution in [-0.4, -0.2) is 18.8 Å². The third-order valence-electron chi connectivity index (χ3n) is 3.64. The highest BCUT2D eigenvalue weighted by atomic mass is 16.6. The quantitative estimate of drug-likeness (QED) is 0.728. The van der Waals surface area contributed by atoms with E-state index in [0.29, 0.717) is 0 Å². The van der Waals surface area contributed by atoms with Crippen molar-refractivity contribution in [3.05, 3.63) is 42.5 Å². The minimum Gasteiger partial charge on any atom is -0.405 e. The highest BCUT2D eigenvalue weighted by molar-refractivity contribution is 6.64. The number of rotatable bonds is 1. The molecular formula is C16H19BO2. The standard InChI is InChI=1S/C16H19BO2/c1-12-11-16(2,3)19-17(18-12)15-10-6-8-13-7-4-5-9-14(13)15/h4-10,12H,11H2,1-3H3/t12-/m0/s1. The number of benzene rings is 2. The van der Waals surface area contributed by atoms with Crippen molar-refractivity contribution in [2.24, 2.45) is 0 Å². The second kappa shape index (κ2) is 4.66. The van der Waals surface area contributed by atoms with Crippen LogP contribution in [0.2, 0.25) is 0 Å². The summed E-state index contributed by atoms with van der Waals surface area (Å²) in [5.74, 6) is 0. The van der Waals surface area contributed by atoms with Gasteiger partial charge in [-0.25, -0.2) is 0 Å². The van der Waals surface area contributed by atoms with Gasteiger partial charge in [-0.05, 0) is 43.4 Å². The van der Waals surface area contributed by atoms with Crippen molar-refractivity contribution in [3.63, 3.8) is 0 Å². The van der Waals surface area contributed by atoms with Crippen LogP contribution < -0.4 is 5.46 Å². The first-order valence-electron chi connectivity index (χ1n) is 6.86. The van der Waals surface area contributed by atoms with Crippen molar-refractivity contribution >= 4 is 23.4 Å². The fourth-order valence-corrected chi connectivity index (χ4v) is 2.91. The summed E-state index contributed by atoms with van der Waals surface area (Å²) in [5.41, 5.74) is 0.983. The van der Waals surface area contributed by atoms with Crippen LogP contribution in [0, 0.1) is 0 Å². The maximum atomic E-state index is 6.12. The van der Waals surface area contributed by atoms with E-state index in [1.165, 1.54) is 10.8 Å². The van der Waals surface area contributed by atoms with Crippen molar-refractivity contribution < 1.29 is 9.31 Å². The van der Waals surface area contributed by atoms with Crippen molar-refractivity contribution in [3.8, 4) is 0 Å². The zero-order chi connectivity index (χ0) is 13.5. The molecule has 0 bridgehead atoms. The van der Waals surface area contributed by atoms with E-state index in [2.05, 4.69) is 63.2 Å². The van der Waals surface area contributed by atoms with E-state index in [9.17, 15) is 0 Å². The molecule has 0 N–H and O–H groups in total. The number of hydrogen-bond donors (Lipinski definition) is 0. The van der Waals surface area contributed by atoms with Crippen LogP contribution in [0.5, 0.6) is 0 Å². The minimum absolute atomic E-state index is 0.140. The molecule has 1 atom stereocenters. The van der Waals surface area contributed by atoms with Gasteiger partial charge in [0.15, 0.2) is 0 Å². The summed E-state index contributed by atoms with van der Waals surface area (Å²) in [7, 11) is -0.273. The van der Waals surface area contributed by atoms with Crippen LogP contribution in [0.1, 0.15) is 27.2 Å². The summed E-state index contributed by atoms with van der Waals surface area (Å²) in [4.78, 5) is 0. The molecule has 0 radical (unpaired) electrons. The van der Waals surface area contributed by atoms with Gasteiger partial charge < -0.3 is 9.31 Å². The molecule has 1 saturated heterocycles. The molecule has 0 aromatic heterocycles. The molecule has 2 aromatic rings. The van der Waals surface area contributed by atoms with Crippen molar-refractivity contribution in [2.45, 2.75) is 38.9 Å². The smallest absolute Gasteiger partial charge is 0.405 e. The summed E-state index contributed by atoms with van der Waals surface area (Å²) in [6, 6.07) is 14.7. The molecule has 0 aliphatic carbocycles. The van der Waals surface area contributed by atoms with Gasteiger partial charge in [0, 0.05) is 6.10 Å². The molecule has 3 heteroatoms. The molecule has 98 valence electrons. The molecule has 0 saturated carbocycles. The Hall–Kier alpha value is -1.32. The van der Waals surface area contributed by atoms with E-state index in [4.69, 9.17) is 9.31 Å². The first kappa shape index (κ1) is 12.7. The Balaban J connectivity index is 2.04. The van der Waals surface area contributed by atoms with Gasteiger partial charge >= 0.3 is 7.12 Å². The van der Waals surface area contributed by atoms with E-state index in [0.717, 1.165) is 11.9 Å². The van der Waals surface area contributed by atoms with Crippen LogP contribution in [0.4, 0.5) is 0 Å². The Morgan fingerprint density at radius 3 is 2.63 bits per heavy atom. The Morgan fingerprint density at radius 1 is 1.11 bits per heavy atom. The van der Waals surface area contributed by atoms with Gasteiger partial charge in [-0.2, -0.15) is 0 Å². The van der Waals surface area contributed by atoms with Crippen molar-refractivity contribution in [2.75, 3.05) is 0 Å². The zero-order valence-electron chi connectivity index (χ0n) is 11.7. The molecular weight excluding hydrogens is 235 g/mol. The lowest BCUT2D eigenvalue weighted by molar-refractivity contribution is -0.0228. The van der Waals surface area contributed by atoms with Gasteiger partial charge in [0.2, 0.25) is 0 Å². The lowest BCUT2D eigenvalue weighted by Crippen LogP contribution is -2.51. The molecule has 2 aromatic carbocycles. The fourth-order valence-electron chi connectivity index (χ4n) is 2.91. The summed E-state index contributed by atoms with van der Waals surface area (Å²) in [5, 5.41) is 2.43. The summed E-state index contributed by atoms with van der Waals surface area (Å²) in [6.45, 7) is 6.37. The largest absolute Gasteiger partial charge is 0.495 e. The second-order valence-corrected chi connectivity index (χ2v) is 5.93. The van der Waals surface area contributed by atoms with Crippen LogP contribution >= 0.6 is 0 Å². The molecule has 1 fully saturated rings. The SMILES string of the molecule is C[C@H]1CC(C)(C)OB(c2cccc3ccccc23)O1. The molecule has 1 heterocycles. The van der Waals surface area contributed by atoms with Crippen LogP contribution in [0.3, 0.4) is 0 Å². The maximum Gasteiger partial charge on any atom is 0.495 e. The Kier molecular flexibility index (Phi) is 3.11. The third-order valence-corrected chi connectivity index (χ3v) is 3.64. The van der Waals surface area contributed by atoms with Crippen LogP contribution in [0.25, 0.3) is 10.8 Å². The van der Waals surface area contributed by atoms with E-state index in [1.54, 1.807) is 0 Å². The molecule has 1 aliphatic heterocycles. The minimum atomic E-state index is -0.273. The third kappa shape index (κ3) is 2.53. The van der Waals surface area contributed by atoms with Crippen molar-refractivity contribution in [1.29, 1.82) is 0 Å². The topological polar surface area (TPSA) is 18.5 Å². The predicted octanol–water partition coefficient (Wildman–Crippen LogP) is 3.14. The first-order chi connectivity index (χ1) is 9.05. The molecule has 0 amide bonds. The van der Waals surface area contributed by atoms with Gasteiger partial charge in [-0.1, -0.05) is 42.5 Å². The van der Waals surface area contributed by atoms with Crippen LogP contribution in [-0.2, 0) is 9.31 Å². The average molecular weight is 254 g/mol. The predicted molar refractivity (Wildman–Crippen MR) is 79.7 cm³/mol. The lowest BCUT2D eigenvalue weighted by Gasteiger charge is -2.38. The van der Waals surface area contributed by atoms with E-state index >= 15 is 0 Å². The van der Waals surface area contributed by atoms with E-state index in [-0.39, 0.29) is 18.8 Å². The van der Waals surface area contributed by atoms with Gasteiger partial charge in [0.25, 0.3) is 0 Å². The average Bonchev–Trinajstić information content (AvgIpc) is 2.35. The zero-order valence-corrected chi connectivity index (χ0v) is 11.7. The molecule has 0 spiro atoms. The molecule has 1 aliphatic rings. The molecule has 3 rings (SSSR count). The van der Waals surface area contributed by atoms with Crippen LogP contribution in [0.15, 0.2) is 42.5 Å². The number of hydrogen-bond acceptors (Lipinski definition) is 2. The summed E-state index contributed by atoms with van der Waals surface area (Å²) >= 11 is 0. The maximum absolute atomic E-state index is 6.12. The highest BCUT2D eigenvalue weighted by Crippen LogP contribution is 2.26. The van der Waals surface area contributed by atoms with Gasteiger partial charge in [0.05, 0.1) is 5.60 Å². The summed E-state index contributed by atoms with van der Waals surface area (Å²) < 4.78 is 12.1. The monoisotopic (exact) mass is 254 g/mol. The molecule has 19 heavy (non-hydrogen) atoms. The van der Waals surface area contributed by atoms with Gasteiger partial charge in [-0.15, -0.1) is 0 Å². The summed E-state index contributed by atoms with van der Waals surface area (Å²) in [6.07, 6.45) is 1.14. The Labute approximate surface area is 114 Å². The fraction of sp³-hybridized carbons (Fsp3) is 0.375. The lowest BCUT2D eigenvalue weighted by atomic mass is 9.73. The Morgan fingerprint density at radius 2 is 1.84 bits per heavy atom. The number of fused-ring (bicyclic) bond motifs is 1. The van der Waals surface area contributed by atoms with Crippen molar-refractivity contribution in [1.82, 2.24) is 0 Å². The van der Waals surface area contributed by atoms with E-state index < -0.39 is 0 Å². The first-order valence-corrected chi connectivity index (χ1v) is 6.86. The molecule has 0 unspecified atom stereocenters. The molecule has 2 nitrogen and oxygen atoms in total. The Bertz CT molecular complexity index is 589. The van der Waals surface area contributed by atoms with Gasteiger partial charge in [-0.3, -0.25) is 0 Å². The van der Waals surface area contributed by atoms with Gasteiger partial charge in [0.1, 0.15) is 0 Å². The highest BCUT2D eigenvalue weighted by Gasteiger charge is 2.38. The second-order valence-electron chi connectivity index (χ2n) is 5.93. The normalized spacial score (nSPS) is 22.7.